The first kappa shape index (κ1) is 13.8. The van der Waals surface area contributed by atoms with Crippen molar-refractivity contribution >= 4 is 15.7 Å². The number of aromatic nitrogens is 1. The summed E-state index contributed by atoms with van der Waals surface area (Å²) < 4.78 is 26.6. The molecule has 6 nitrogen and oxygen atoms in total. The number of anilines is 1. The van der Waals surface area contributed by atoms with Gasteiger partial charge in [0.2, 0.25) is 0 Å². The van der Waals surface area contributed by atoms with Crippen molar-refractivity contribution in [2.24, 2.45) is 0 Å². The molecule has 20 heavy (non-hydrogen) atoms. The Morgan fingerprint density at radius 3 is 2.75 bits per heavy atom. The maximum atomic E-state index is 12.2. The standard InChI is InChI=1S/C13H11N3O3S/c1-9-4-5-10(12(17)7-9)16-20(18,19)13-3-2-6-15-11(13)8-14/h2-7,16-17H,1H3. The van der Waals surface area contributed by atoms with E-state index < -0.39 is 10.0 Å². The van der Waals surface area contributed by atoms with Crippen LogP contribution in [-0.4, -0.2) is 18.5 Å². The van der Waals surface area contributed by atoms with E-state index in [2.05, 4.69) is 9.71 Å². The van der Waals surface area contributed by atoms with Crippen LogP contribution < -0.4 is 4.72 Å². The van der Waals surface area contributed by atoms with Gasteiger partial charge in [-0.25, -0.2) is 13.4 Å². The molecule has 1 aromatic heterocycles. The fraction of sp³-hybridized carbons (Fsp3) is 0.0769. The van der Waals surface area contributed by atoms with E-state index in [9.17, 15) is 13.5 Å². The lowest BCUT2D eigenvalue weighted by atomic mass is 10.2. The van der Waals surface area contributed by atoms with Crippen molar-refractivity contribution in [3.63, 3.8) is 0 Å². The van der Waals surface area contributed by atoms with Crippen LogP contribution in [0.1, 0.15) is 11.3 Å². The van der Waals surface area contributed by atoms with Crippen LogP contribution in [0.2, 0.25) is 0 Å². The van der Waals surface area contributed by atoms with Crippen LogP contribution in [0.5, 0.6) is 5.75 Å². The van der Waals surface area contributed by atoms with Gasteiger partial charge in [0.25, 0.3) is 10.0 Å². The third-order valence-electron chi connectivity index (χ3n) is 2.56. The average Bonchev–Trinajstić information content (AvgIpc) is 2.42. The van der Waals surface area contributed by atoms with Crippen molar-refractivity contribution in [1.29, 1.82) is 5.26 Å². The summed E-state index contributed by atoms with van der Waals surface area (Å²) in [6.45, 7) is 1.77. The predicted octanol–water partition coefficient (Wildman–Crippen LogP) is 1.77. The van der Waals surface area contributed by atoms with Crippen molar-refractivity contribution in [2.75, 3.05) is 4.72 Å². The SMILES string of the molecule is Cc1ccc(NS(=O)(=O)c2cccnc2C#N)c(O)c1. The first-order valence-electron chi connectivity index (χ1n) is 5.61. The number of aromatic hydroxyl groups is 1. The summed E-state index contributed by atoms with van der Waals surface area (Å²) >= 11 is 0. The number of phenolic OH excluding ortho intramolecular Hbond substituents is 1. The molecule has 0 fully saturated rings. The highest BCUT2D eigenvalue weighted by atomic mass is 32.2. The fourth-order valence-corrected chi connectivity index (χ4v) is 2.80. The third kappa shape index (κ3) is 2.70. The normalized spacial score (nSPS) is 10.8. The van der Waals surface area contributed by atoms with Crippen LogP contribution in [0.3, 0.4) is 0 Å². The Kier molecular flexibility index (Phi) is 3.59. The fourth-order valence-electron chi connectivity index (χ4n) is 1.62. The van der Waals surface area contributed by atoms with E-state index in [-0.39, 0.29) is 22.0 Å². The Balaban J connectivity index is 2.44. The molecule has 0 amide bonds. The van der Waals surface area contributed by atoms with E-state index in [1.54, 1.807) is 19.1 Å². The molecule has 0 unspecified atom stereocenters. The molecule has 102 valence electrons. The maximum absolute atomic E-state index is 12.2. The van der Waals surface area contributed by atoms with Gasteiger partial charge in [0.15, 0.2) is 5.69 Å². The third-order valence-corrected chi connectivity index (χ3v) is 3.96. The number of aryl methyl sites for hydroxylation is 1. The number of pyridine rings is 1. The number of benzene rings is 1. The summed E-state index contributed by atoms with van der Waals surface area (Å²) in [7, 11) is -3.99. The summed E-state index contributed by atoms with van der Waals surface area (Å²) in [5.74, 6) is -0.184. The van der Waals surface area contributed by atoms with E-state index in [4.69, 9.17) is 5.26 Å². The minimum Gasteiger partial charge on any atom is -0.506 e. The molecular formula is C13H11N3O3S. The second-order valence-electron chi connectivity index (χ2n) is 4.09. The van der Waals surface area contributed by atoms with Crippen LogP contribution in [0.4, 0.5) is 5.69 Å². The topological polar surface area (TPSA) is 103 Å². The van der Waals surface area contributed by atoms with Crippen LogP contribution >= 0.6 is 0 Å². The first-order valence-corrected chi connectivity index (χ1v) is 7.10. The minimum absolute atomic E-state index is 0.0448. The van der Waals surface area contributed by atoms with Crippen molar-refractivity contribution in [1.82, 2.24) is 4.98 Å². The molecule has 1 heterocycles. The van der Waals surface area contributed by atoms with Crippen molar-refractivity contribution in [3.8, 4) is 11.8 Å². The molecule has 0 saturated carbocycles. The van der Waals surface area contributed by atoms with E-state index in [0.717, 1.165) is 5.56 Å². The van der Waals surface area contributed by atoms with Gasteiger partial charge in [0.1, 0.15) is 16.7 Å². The predicted molar refractivity (Wildman–Crippen MR) is 72.6 cm³/mol. The average molecular weight is 289 g/mol. The van der Waals surface area contributed by atoms with Gasteiger partial charge in [-0.05, 0) is 36.8 Å². The molecule has 7 heteroatoms. The van der Waals surface area contributed by atoms with Gasteiger partial charge in [-0.3, -0.25) is 4.72 Å². The lowest BCUT2D eigenvalue weighted by molar-refractivity contribution is 0.477. The number of hydrogen-bond acceptors (Lipinski definition) is 5. The summed E-state index contributed by atoms with van der Waals surface area (Å²) in [5, 5.41) is 18.6. The summed E-state index contributed by atoms with van der Waals surface area (Å²) in [6, 6.07) is 8.96. The van der Waals surface area contributed by atoms with Gasteiger partial charge in [-0.15, -0.1) is 0 Å². The van der Waals surface area contributed by atoms with Gasteiger partial charge in [0.05, 0.1) is 5.69 Å². The Bertz CT molecular complexity index is 795. The van der Waals surface area contributed by atoms with Crippen LogP contribution in [-0.2, 0) is 10.0 Å². The van der Waals surface area contributed by atoms with Crippen molar-refractivity contribution in [3.05, 3.63) is 47.8 Å². The number of sulfonamides is 1. The molecule has 2 rings (SSSR count). The van der Waals surface area contributed by atoms with Gasteiger partial charge in [-0.1, -0.05) is 6.07 Å². The molecule has 0 aliphatic heterocycles. The Morgan fingerprint density at radius 2 is 2.10 bits per heavy atom. The molecule has 0 aliphatic rings. The molecule has 0 bridgehead atoms. The molecule has 1 aromatic carbocycles. The number of hydrogen-bond donors (Lipinski definition) is 2. The highest BCUT2D eigenvalue weighted by molar-refractivity contribution is 7.92. The number of phenols is 1. The Hall–Kier alpha value is -2.59. The molecule has 0 radical (unpaired) electrons. The monoisotopic (exact) mass is 289 g/mol. The van der Waals surface area contributed by atoms with E-state index in [0.29, 0.717) is 0 Å². The second kappa shape index (κ2) is 5.19. The van der Waals surface area contributed by atoms with Gasteiger partial charge in [-0.2, -0.15) is 5.26 Å². The summed E-state index contributed by atoms with van der Waals surface area (Å²) in [6.07, 6.45) is 1.33. The zero-order chi connectivity index (χ0) is 14.8. The molecule has 2 aromatic rings. The number of nitriles is 1. The lowest BCUT2D eigenvalue weighted by Gasteiger charge is -2.10. The highest BCUT2D eigenvalue weighted by Crippen LogP contribution is 2.27. The Labute approximate surface area is 116 Å². The van der Waals surface area contributed by atoms with Crippen molar-refractivity contribution in [2.45, 2.75) is 11.8 Å². The van der Waals surface area contributed by atoms with Gasteiger partial charge < -0.3 is 5.11 Å². The molecule has 0 spiro atoms. The zero-order valence-corrected chi connectivity index (χ0v) is 11.3. The van der Waals surface area contributed by atoms with Gasteiger partial charge >= 0.3 is 0 Å². The number of nitrogens with zero attached hydrogens (tertiary/aromatic N) is 2. The summed E-state index contributed by atoms with van der Waals surface area (Å²) in [4.78, 5) is 3.47. The highest BCUT2D eigenvalue weighted by Gasteiger charge is 2.20. The molecule has 0 aliphatic carbocycles. The quantitative estimate of drug-likeness (QED) is 0.838. The van der Waals surface area contributed by atoms with Crippen LogP contribution in [0.15, 0.2) is 41.4 Å². The van der Waals surface area contributed by atoms with Crippen LogP contribution in [0, 0.1) is 18.3 Å². The first-order chi connectivity index (χ1) is 9.44. The Morgan fingerprint density at radius 1 is 1.35 bits per heavy atom. The van der Waals surface area contributed by atoms with E-state index in [1.807, 2.05) is 0 Å². The summed E-state index contributed by atoms with van der Waals surface area (Å²) in [5.41, 5.74) is 0.638. The molecule has 0 atom stereocenters. The van der Waals surface area contributed by atoms with Crippen molar-refractivity contribution < 1.29 is 13.5 Å². The smallest absolute Gasteiger partial charge is 0.264 e. The number of nitrogens with one attached hydrogen (secondary N) is 1. The van der Waals surface area contributed by atoms with Crippen LogP contribution in [0.25, 0.3) is 0 Å². The molecular weight excluding hydrogens is 278 g/mol. The lowest BCUT2D eigenvalue weighted by Crippen LogP contribution is -2.15. The van der Waals surface area contributed by atoms with Gasteiger partial charge in [0, 0.05) is 6.20 Å². The second-order valence-corrected chi connectivity index (χ2v) is 5.74. The number of rotatable bonds is 3. The zero-order valence-electron chi connectivity index (χ0n) is 10.5. The molecule has 2 N–H and O–H groups in total. The maximum Gasteiger partial charge on any atom is 0.264 e. The largest absolute Gasteiger partial charge is 0.506 e. The molecule has 0 saturated heterocycles. The van der Waals surface area contributed by atoms with E-state index >= 15 is 0 Å². The minimum atomic E-state index is -3.99. The van der Waals surface area contributed by atoms with E-state index in [1.165, 1.54) is 30.5 Å².